The zero-order valence-electron chi connectivity index (χ0n) is 8.21. The summed E-state index contributed by atoms with van der Waals surface area (Å²) in [6, 6.07) is 0. The first-order valence-corrected chi connectivity index (χ1v) is 4.62. The molecule has 0 aromatic rings. The third kappa shape index (κ3) is 3.85. The molecular formula is C9H18N2O2. The van der Waals surface area contributed by atoms with E-state index in [2.05, 4.69) is 24.1 Å². The van der Waals surface area contributed by atoms with Gasteiger partial charge in [-0.3, -0.25) is 9.83 Å². The fourth-order valence-electron chi connectivity index (χ4n) is 1.33. The van der Waals surface area contributed by atoms with Gasteiger partial charge in [0.2, 0.25) is 0 Å². The van der Waals surface area contributed by atoms with Crippen molar-refractivity contribution in [3.05, 3.63) is 0 Å². The molecule has 0 aliphatic carbocycles. The molecule has 1 rings (SSSR count). The maximum Gasteiger partial charge on any atom is 0.111 e. The number of rotatable bonds is 5. The molecule has 1 aliphatic heterocycles. The van der Waals surface area contributed by atoms with E-state index in [1.807, 2.05) is 0 Å². The highest BCUT2D eigenvalue weighted by atomic mass is 16.6. The van der Waals surface area contributed by atoms with Gasteiger partial charge >= 0.3 is 0 Å². The highest BCUT2D eigenvalue weighted by molar-refractivity contribution is 5.22. The van der Waals surface area contributed by atoms with E-state index in [0.29, 0.717) is 13.3 Å². The van der Waals surface area contributed by atoms with Gasteiger partial charge in [-0.2, -0.15) is 5.48 Å². The van der Waals surface area contributed by atoms with E-state index in [1.165, 1.54) is 0 Å². The normalized spacial score (nSPS) is 21.3. The molecule has 0 spiro atoms. The highest BCUT2D eigenvalue weighted by Gasteiger charge is 2.27. The Hall–Kier alpha value is -0.450. The van der Waals surface area contributed by atoms with Crippen LogP contribution in [0.15, 0.2) is 4.99 Å². The molecule has 4 nitrogen and oxygen atoms in total. The number of hydrogen-bond donors (Lipinski definition) is 1. The zero-order valence-corrected chi connectivity index (χ0v) is 8.21. The predicted octanol–water partition coefficient (Wildman–Crippen LogP) is 0.982. The standard InChI is InChI=1S/C9H18N2O2/c1-9(3-5-12-6-4-9)7-13-11-8-10-2/h11H,2-8H2,1H3. The van der Waals surface area contributed by atoms with E-state index in [4.69, 9.17) is 9.57 Å². The Morgan fingerprint density at radius 3 is 2.85 bits per heavy atom. The van der Waals surface area contributed by atoms with Crippen LogP contribution in [0.1, 0.15) is 19.8 Å². The van der Waals surface area contributed by atoms with Crippen LogP contribution in [0.4, 0.5) is 0 Å². The monoisotopic (exact) mass is 186 g/mol. The van der Waals surface area contributed by atoms with Crippen molar-refractivity contribution in [2.75, 3.05) is 26.5 Å². The molecule has 0 radical (unpaired) electrons. The van der Waals surface area contributed by atoms with E-state index < -0.39 is 0 Å². The number of hydroxylamine groups is 1. The van der Waals surface area contributed by atoms with E-state index in [-0.39, 0.29) is 5.41 Å². The van der Waals surface area contributed by atoms with Gasteiger partial charge in [0.1, 0.15) is 6.67 Å². The minimum Gasteiger partial charge on any atom is -0.381 e. The molecule has 1 saturated heterocycles. The Kier molecular flexibility index (Phi) is 4.35. The van der Waals surface area contributed by atoms with Crippen molar-refractivity contribution < 1.29 is 9.57 Å². The fraction of sp³-hybridized carbons (Fsp3) is 0.889. The second-order valence-electron chi connectivity index (χ2n) is 3.74. The quantitative estimate of drug-likeness (QED) is 0.395. The average Bonchev–Trinajstić information content (AvgIpc) is 2.14. The van der Waals surface area contributed by atoms with Crippen LogP contribution in [0.2, 0.25) is 0 Å². The molecule has 1 N–H and O–H groups in total. The molecule has 0 amide bonds. The first-order valence-electron chi connectivity index (χ1n) is 4.62. The van der Waals surface area contributed by atoms with Crippen LogP contribution in [-0.2, 0) is 9.57 Å². The lowest BCUT2D eigenvalue weighted by Gasteiger charge is -2.32. The first-order chi connectivity index (χ1) is 6.27. The highest BCUT2D eigenvalue weighted by Crippen LogP contribution is 2.29. The second kappa shape index (κ2) is 5.32. The summed E-state index contributed by atoms with van der Waals surface area (Å²) in [7, 11) is 0. The van der Waals surface area contributed by atoms with Crippen LogP contribution in [-0.4, -0.2) is 33.2 Å². The summed E-state index contributed by atoms with van der Waals surface area (Å²) in [5, 5.41) is 0. The van der Waals surface area contributed by atoms with Gasteiger partial charge in [-0.25, -0.2) is 0 Å². The summed E-state index contributed by atoms with van der Waals surface area (Å²) in [5.74, 6) is 0. The Bertz CT molecular complexity index is 156. The van der Waals surface area contributed by atoms with Crippen LogP contribution in [0, 0.1) is 5.41 Å². The van der Waals surface area contributed by atoms with Gasteiger partial charge in [-0.05, 0) is 25.0 Å². The number of aliphatic imine (C=N–C) groups is 1. The van der Waals surface area contributed by atoms with Crippen molar-refractivity contribution in [1.29, 1.82) is 0 Å². The summed E-state index contributed by atoms with van der Waals surface area (Å²) >= 11 is 0. The van der Waals surface area contributed by atoms with Gasteiger partial charge in [0.25, 0.3) is 0 Å². The summed E-state index contributed by atoms with van der Waals surface area (Å²) in [4.78, 5) is 8.91. The summed E-state index contributed by atoms with van der Waals surface area (Å²) < 4.78 is 5.29. The summed E-state index contributed by atoms with van der Waals surface area (Å²) in [5.41, 5.74) is 2.99. The van der Waals surface area contributed by atoms with Crippen molar-refractivity contribution >= 4 is 6.72 Å². The lowest BCUT2D eigenvalue weighted by molar-refractivity contribution is -0.0608. The van der Waals surface area contributed by atoms with Crippen LogP contribution < -0.4 is 5.48 Å². The molecule has 13 heavy (non-hydrogen) atoms. The Morgan fingerprint density at radius 1 is 1.54 bits per heavy atom. The topological polar surface area (TPSA) is 42.9 Å². The van der Waals surface area contributed by atoms with Crippen molar-refractivity contribution in [3.8, 4) is 0 Å². The van der Waals surface area contributed by atoms with E-state index in [9.17, 15) is 0 Å². The molecule has 0 bridgehead atoms. The smallest absolute Gasteiger partial charge is 0.111 e. The number of hydrogen-bond acceptors (Lipinski definition) is 4. The SMILES string of the molecule is C=NCNOCC1(C)CCOCC1. The molecule has 0 unspecified atom stereocenters. The summed E-state index contributed by atoms with van der Waals surface area (Å²) in [6.07, 6.45) is 2.13. The average molecular weight is 186 g/mol. The van der Waals surface area contributed by atoms with Gasteiger partial charge in [0.15, 0.2) is 0 Å². The predicted molar refractivity (Wildman–Crippen MR) is 51.7 cm³/mol. The largest absolute Gasteiger partial charge is 0.381 e. The molecule has 0 saturated carbocycles. The van der Waals surface area contributed by atoms with Crippen molar-refractivity contribution in [1.82, 2.24) is 5.48 Å². The molecule has 0 aromatic heterocycles. The number of nitrogens with zero attached hydrogens (tertiary/aromatic N) is 1. The van der Waals surface area contributed by atoms with Crippen molar-refractivity contribution in [3.63, 3.8) is 0 Å². The third-order valence-corrected chi connectivity index (χ3v) is 2.40. The van der Waals surface area contributed by atoms with Crippen LogP contribution >= 0.6 is 0 Å². The Morgan fingerprint density at radius 2 is 2.23 bits per heavy atom. The molecule has 4 heteroatoms. The summed E-state index contributed by atoms with van der Waals surface area (Å²) in [6.45, 7) is 8.43. The van der Waals surface area contributed by atoms with Crippen molar-refractivity contribution in [2.45, 2.75) is 19.8 Å². The third-order valence-electron chi connectivity index (χ3n) is 2.40. The Balaban J connectivity index is 2.13. The van der Waals surface area contributed by atoms with Crippen molar-refractivity contribution in [2.24, 2.45) is 10.4 Å². The minimum atomic E-state index is 0.256. The molecule has 1 aliphatic rings. The fourth-order valence-corrected chi connectivity index (χ4v) is 1.33. The lowest BCUT2D eigenvalue weighted by Crippen LogP contribution is -2.33. The van der Waals surface area contributed by atoms with Gasteiger partial charge < -0.3 is 4.74 Å². The first kappa shape index (κ1) is 10.6. The van der Waals surface area contributed by atoms with Gasteiger partial charge in [-0.15, -0.1) is 0 Å². The zero-order chi connectivity index (χ0) is 9.57. The van der Waals surface area contributed by atoms with Gasteiger partial charge in [-0.1, -0.05) is 6.92 Å². The number of nitrogens with one attached hydrogen (secondary N) is 1. The van der Waals surface area contributed by atoms with Crippen LogP contribution in [0.5, 0.6) is 0 Å². The molecule has 1 heterocycles. The van der Waals surface area contributed by atoms with Gasteiger partial charge in [0.05, 0.1) is 6.61 Å². The minimum absolute atomic E-state index is 0.256. The van der Waals surface area contributed by atoms with Crippen LogP contribution in [0.25, 0.3) is 0 Å². The maximum atomic E-state index is 5.29. The molecule has 0 aromatic carbocycles. The van der Waals surface area contributed by atoms with E-state index >= 15 is 0 Å². The van der Waals surface area contributed by atoms with E-state index in [0.717, 1.165) is 26.1 Å². The second-order valence-corrected chi connectivity index (χ2v) is 3.74. The Labute approximate surface area is 79.3 Å². The number of ether oxygens (including phenoxy) is 1. The molecule has 76 valence electrons. The van der Waals surface area contributed by atoms with E-state index in [1.54, 1.807) is 0 Å². The maximum absolute atomic E-state index is 5.29. The van der Waals surface area contributed by atoms with Crippen LogP contribution in [0.3, 0.4) is 0 Å². The molecular weight excluding hydrogens is 168 g/mol. The molecule has 1 fully saturated rings. The lowest BCUT2D eigenvalue weighted by atomic mass is 9.83. The molecule has 0 atom stereocenters. The van der Waals surface area contributed by atoms with Gasteiger partial charge in [0, 0.05) is 13.2 Å².